The molecule has 0 spiro atoms. The normalized spacial score (nSPS) is 11.4. The lowest BCUT2D eigenvalue weighted by atomic mass is 9.92. The van der Waals surface area contributed by atoms with E-state index in [9.17, 15) is 0 Å². The van der Waals surface area contributed by atoms with Crippen LogP contribution in [-0.2, 0) is 0 Å². The lowest BCUT2D eigenvalue weighted by Crippen LogP contribution is -2.00. The van der Waals surface area contributed by atoms with Crippen LogP contribution in [0.15, 0.2) is 520 Å². The van der Waals surface area contributed by atoms with E-state index in [1.54, 1.807) is 0 Å². The van der Waals surface area contributed by atoms with Gasteiger partial charge in [-0.2, -0.15) is 0 Å². The van der Waals surface area contributed by atoms with Crippen LogP contribution in [-0.4, -0.2) is 44.9 Å². The Morgan fingerprint density at radius 3 is 0.752 bits per heavy atom. The van der Waals surface area contributed by atoms with Gasteiger partial charge in [-0.05, 0) is 214 Å². The van der Waals surface area contributed by atoms with Crippen molar-refractivity contribution in [2.45, 2.75) is 0 Å². The van der Waals surface area contributed by atoms with E-state index < -0.39 is 0 Å². The minimum Gasteiger partial charge on any atom is -0.455 e. The van der Waals surface area contributed by atoms with Crippen molar-refractivity contribution in [3.05, 3.63) is 516 Å². The van der Waals surface area contributed by atoms with Gasteiger partial charge in [-0.15, -0.1) is 0 Å². The first-order valence-corrected chi connectivity index (χ1v) is 48.8. The van der Waals surface area contributed by atoms with Crippen molar-refractivity contribution in [3.8, 4) is 158 Å². The molecule has 0 aliphatic heterocycles. The lowest BCUT2D eigenvalue weighted by molar-refractivity contribution is 0.670. The van der Waals surface area contributed by atoms with Gasteiger partial charge in [0.2, 0.25) is 0 Å². The molecule has 0 aliphatic carbocycles. The molecule has 0 amide bonds. The van der Waals surface area contributed by atoms with Gasteiger partial charge in [0.15, 0.2) is 52.4 Å². The summed E-state index contributed by atoms with van der Waals surface area (Å²) < 4.78 is 6.58. The smallest absolute Gasteiger partial charge is 0.164 e. The minimum atomic E-state index is 0.601. The maximum absolute atomic E-state index is 6.58. The van der Waals surface area contributed by atoms with Crippen LogP contribution in [0.4, 0.5) is 0 Å². The van der Waals surface area contributed by atoms with Crippen molar-refractivity contribution in [3.63, 3.8) is 0 Å². The molecular formula is C135H85N9O. The van der Waals surface area contributed by atoms with Crippen molar-refractivity contribution >= 4 is 119 Å². The first-order valence-electron chi connectivity index (χ1n) is 48.8. The van der Waals surface area contributed by atoms with Crippen molar-refractivity contribution in [2.75, 3.05) is 0 Å². The Kier molecular flexibility index (Phi) is 22.1. The van der Waals surface area contributed by atoms with E-state index in [1.165, 1.54) is 108 Å². The second kappa shape index (κ2) is 37.3. The summed E-state index contributed by atoms with van der Waals surface area (Å²) in [4.78, 5) is 45.2. The topological polar surface area (TPSA) is 129 Å². The van der Waals surface area contributed by atoms with Crippen molar-refractivity contribution in [1.29, 1.82) is 0 Å². The Morgan fingerprint density at radius 2 is 0.352 bits per heavy atom. The van der Waals surface area contributed by atoms with Crippen LogP contribution in [0.3, 0.4) is 0 Å². The molecule has 28 rings (SSSR count). The second-order valence-electron chi connectivity index (χ2n) is 36.6. The molecule has 28 aromatic rings. The highest BCUT2D eigenvalue weighted by Crippen LogP contribution is 2.46. The minimum absolute atomic E-state index is 0.601. The highest BCUT2D eigenvalue weighted by Gasteiger charge is 2.24. The molecule has 24 aromatic carbocycles. The Bertz CT molecular complexity index is 9770. The number of fused-ring (bicyclic) bond motifs is 18. The summed E-state index contributed by atoms with van der Waals surface area (Å²) in [5, 5.41) is 24.4. The average molecular weight is 1850 g/mol. The molecule has 10 nitrogen and oxygen atoms in total. The summed E-state index contributed by atoms with van der Waals surface area (Å²) in [5.74, 6) is 5.74. The first-order chi connectivity index (χ1) is 71.8. The van der Waals surface area contributed by atoms with Gasteiger partial charge in [0, 0.05) is 66.4 Å². The van der Waals surface area contributed by atoms with Crippen LogP contribution < -0.4 is 0 Å². The zero-order valence-corrected chi connectivity index (χ0v) is 78.5. The highest BCUT2D eigenvalue weighted by molar-refractivity contribution is 6.22. The standard InChI is InChI=1S/C45H27N3O.2C45H29N3/c1-3-11-28(12-4-1)34-25-26-38(41-37-17-9-10-18-40(37)49-42(34)41)45-47-43(31-14-5-2-6-15-31)46-44(48-45)32-20-19-30-22-23-35-33-16-8-7-13-29(33)21-24-36(35)39(30)27-32;1-4-12-30(13-5-1)36-26-37(35-21-20-32-23-24-40-39-19-11-10-14-31(39)22-25-41(40)42(32)29-35)28-38(27-36)45-47-43(33-15-6-2-7-16-33)46-44(48-45)34-17-8-3-9-18-34;1-3-12-32(13-4-1)43-46-44(33-14-5-2-6-15-33)48-45(47-43)38-19-10-18-36(28-38)34-16-9-17-35(27-34)37-22-21-31-24-25-40-39-20-8-7-11-30(39)23-26-41(40)42(31)29-37/h1-27H;2*1-29H. The summed E-state index contributed by atoms with van der Waals surface area (Å²) >= 11 is 0. The van der Waals surface area contributed by atoms with Gasteiger partial charge in [-0.1, -0.05) is 449 Å². The van der Waals surface area contributed by atoms with Gasteiger partial charge in [0.05, 0.1) is 0 Å². The molecule has 145 heavy (non-hydrogen) atoms. The van der Waals surface area contributed by atoms with Gasteiger partial charge in [-0.3, -0.25) is 0 Å². The maximum atomic E-state index is 6.58. The van der Waals surface area contributed by atoms with E-state index in [2.05, 4.69) is 340 Å². The van der Waals surface area contributed by atoms with Crippen molar-refractivity contribution < 1.29 is 4.42 Å². The Balaban J connectivity index is 0.000000111. The molecule has 676 valence electrons. The predicted octanol–water partition coefficient (Wildman–Crippen LogP) is 35.2. The monoisotopic (exact) mass is 1850 g/mol. The van der Waals surface area contributed by atoms with Crippen LogP contribution >= 0.6 is 0 Å². The number of hydrogen-bond donors (Lipinski definition) is 0. The van der Waals surface area contributed by atoms with E-state index in [0.717, 1.165) is 117 Å². The van der Waals surface area contributed by atoms with E-state index >= 15 is 0 Å². The fourth-order valence-electron chi connectivity index (χ4n) is 20.5. The van der Waals surface area contributed by atoms with Crippen LogP contribution in [0.25, 0.3) is 277 Å². The van der Waals surface area contributed by atoms with E-state index in [4.69, 9.17) is 49.3 Å². The largest absolute Gasteiger partial charge is 0.455 e. The Hall–Kier alpha value is -19.6. The molecule has 0 aliphatic rings. The van der Waals surface area contributed by atoms with Gasteiger partial charge in [0.1, 0.15) is 11.2 Å². The summed E-state index contributed by atoms with van der Waals surface area (Å²) in [6.07, 6.45) is 0. The van der Waals surface area contributed by atoms with Crippen molar-refractivity contribution in [2.24, 2.45) is 0 Å². The van der Waals surface area contributed by atoms with Crippen LogP contribution in [0.1, 0.15) is 0 Å². The number of hydrogen-bond acceptors (Lipinski definition) is 10. The zero-order valence-electron chi connectivity index (χ0n) is 78.5. The molecule has 0 saturated carbocycles. The zero-order chi connectivity index (χ0) is 96.0. The number of benzene rings is 24. The molecule has 0 radical (unpaired) electrons. The Morgan fingerprint density at radius 1 is 0.117 bits per heavy atom. The molecular weight excluding hydrogens is 1760 g/mol. The highest BCUT2D eigenvalue weighted by atomic mass is 16.3. The lowest BCUT2D eigenvalue weighted by Gasteiger charge is -2.13. The summed E-state index contributed by atoms with van der Waals surface area (Å²) in [5.41, 5.74) is 21.3. The molecule has 0 unspecified atom stereocenters. The molecule has 0 N–H and O–H groups in total. The second-order valence-corrected chi connectivity index (χ2v) is 36.6. The van der Waals surface area contributed by atoms with Crippen LogP contribution in [0.2, 0.25) is 0 Å². The molecule has 4 aromatic heterocycles. The molecule has 10 heteroatoms. The third-order valence-electron chi connectivity index (χ3n) is 27.7. The molecule has 0 saturated heterocycles. The number of nitrogens with zero attached hydrogens (tertiary/aromatic N) is 9. The fourth-order valence-corrected chi connectivity index (χ4v) is 20.5. The molecule has 0 bridgehead atoms. The molecule has 0 atom stereocenters. The van der Waals surface area contributed by atoms with Gasteiger partial charge in [-0.25, -0.2) is 44.9 Å². The van der Waals surface area contributed by atoms with Gasteiger partial charge in [0.25, 0.3) is 0 Å². The summed E-state index contributed by atoms with van der Waals surface area (Å²) in [6.45, 7) is 0. The SMILES string of the molecule is c1ccc(-c2cc(-c3ccc4ccc5c6ccccc6ccc5c4c3)cc(-c3nc(-c4ccccc4)nc(-c4ccccc4)n3)c2)cc1.c1ccc(-c2nc(-c3ccc4ccc5c6ccccc6ccc5c4c3)nc(-c3ccc(-c4ccccc4)c4oc5ccccc5c34)n2)cc1.c1ccc(-c2nc(-c3ccccc3)nc(-c3cccc(-c4cccc(-c5ccc6ccc7c8ccccc8ccc7c6c5)c4)c3)n2)cc1. The quantitative estimate of drug-likeness (QED) is 0.0970. The van der Waals surface area contributed by atoms with Gasteiger partial charge < -0.3 is 4.42 Å². The Labute approximate surface area is 836 Å². The summed E-state index contributed by atoms with van der Waals surface area (Å²) in [7, 11) is 0. The van der Waals surface area contributed by atoms with Crippen molar-refractivity contribution in [1.82, 2.24) is 44.9 Å². The first kappa shape index (κ1) is 85.8. The number of aromatic nitrogens is 9. The number of rotatable bonds is 14. The predicted molar refractivity (Wildman–Crippen MR) is 600 cm³/mol. The average Bonchev–Trinajstić information content (AvgIpc) is 1.59. The number of furan rings is 1. The van der Waals surface area contributed by atoms with Crippen LogP contribution in [0.5, 0.6) is 0 Å². The van der Waals surface area contributed by atoms with E-state index in [-0.39, 0.29) is 0 Å². The summed E-state index contributed by atoms with van der Waals surface area (Å²) in [6, 6.07) is 181. The number of para-hydroxylation sites is 1. The van der Waals surface area contributed by atoms with Crippen LogP contribution in [0, 0.1) is 0 Å². The van der Waals surface area contributed by atoms with E-state index in [0.29, 0.717) is 52.4 Å². The van der Waals surface area contributed by atoms with Gasteiger partial charge >= 0.3 is 0 Å². The molecule has 4 heterocycles. The molecule has 0 fully saturated rings. The fraction of sp³-hybridized carbons (Fsp3) is 0. The maximum Gasteiger partial charge on any atom is 0.164 e. The third kappa shape index (κ3) is 16.7. The third-order valence-corrected chi connectivity index (χ3v) is 27.7. The van der Waals surface area contributed by atoms with E-state index in [1.807, 2.05) is 176 Å².